The summed E-state index contributed by atoms with van der Waals surface area (Å²) in [7, 11) is 0. The molecule has 3 aromatic rings. The van der Waals surface area contributed by atoms with Crippen LogP contribution in [0.15, 0.2) is 59.4 Å². The van der Waals surface area contributed by atoms with Crippen LogP contribution < -0.4 is 10.5 Å². The Morgan fingerprint density at radius 2 is 1.55 bits per heavy atom. The molecule has 0 spiro atoms. The Bertz CT molecular complexity index is 1010. The van der Waals surface area contributed by atoms with Crippen LogP contribution in [-0.2, 0) is 6.54 Å². The Kier molecular flexibility index (Phi) is 7.17. The quantitative estimate of drug-likeness (QED) is 0.481. The van der Waals surface area contributed by atoms with E-state index < -0.39 is 0 Å². The molecule has 3 rings (SSSR count). The summed E-state index contributed by atoms with van der Waals surface area (Å²) in [5.41, 5.74) is 1.06. The van der Waals surface area contributed by atoms with Crippen molar-refractivity contribution < 1.29 is 4.79 Å². The minimum Gasteiger partial charge on any atom is -0.307 e. The molecule has 1 heterocycles. The predicted octanol–water partition coefficient (Wildman–Crippen LogP) is 5.03. The van der Waals surface area contributed by atoms with Crippen molar-refractivity contribution in [1.29, 1.82) is 0 Å². The molecule has 152 valence electrons. The van der Waals surface area contributed by atoms with Crippen LogP contribution in [-0.4, -0.2) is 22.2 Å². The molecule has 0 aliphatic rings. The van der Waals surface area contributed by atoms with Crippen molar-refractivity contribution in [3.05, 3.63) is 70.6 Å². The van der Waals surface area contributed by atoms with E-state index in [1.54, 1.807) is 11.0 Å². The minimum absolute atomic E-state index is 0.131. The molecular formula is C24H29N3O2. The molecule has 0 bridgehead atoms. The number of fused-ring (bicyclic) bond motifs is 1. The molecule has 0 aliphatic heterocycles. The standard InChI is InChI=1S/C24H29N3O2/c1-3-5-12-18-27-23(28)21-16-11-10-15-20(21)22(25-27)24(29)26(17-6-4-2)19-13-8-7-9-14-19/h7-11,13-16H,3-6,12,17-18H2,1-2H3. The second-order valence-electron chi connectivity index (χ2n) is 7.28. The number of rotatable bonds is 9. The third-order valence-corrected chi connectivity index (χ3v) is 5.09. The Balaban J connectivity index is 2.09. The van der Waals surface area contributed by atoms with Crippen molar-refractivity contribution in [3.63, 3.8) is 0 Å². The van der Waals surface area contributed by atoms with E-state index in [9.17, 15) is 9.59 Å². The van der Waals surface area contributed by atoms with E-state index in [1.165, 1.54) is 4.68 Å². The lowest BCUT2D eigenvalue weighted by Crippen LogP contribution is -2.35. The van der Waals surface area contributed by atoms with E-state index in [1.807, 2.05) is 48.5 Å². The number of unbranched alkanes of at least 4 members (excludes halogenated alkanes) is 3. The molecule has 5 heteroatoms. The molecule has 0 fully saturated rings. The molecule has 2 aromatic carbocycles. The maximum Gasteiger partial charge on any atom is 0.279 e. The number of benzene rings is 2. The highest BCUT2D eigenvalue weighted by atomic mass is 16.2. The molecule has 0 N–H and O–H groups in total. The monoisotopic (exact) mass is 391 g/mol. The van der Waals surface area contributed by atoms with Gasteiger partial charge in [-0.1, -0.05) is 69.5 Å². The summed E-state index contributed by atoms with van der Waals surface area (Å²) in [4.78, 5) is 28.3. The Hall–Kier alpha value is -2.95. The van der Waals surface area contributed by atoms with Gasteiger partial charge in [0, 0.05) is 24.2 Å². The molecule has 0 saturated heterocycles. The van der Waals surface area contributed by atoms with Crippen LogP contribution in [0.5, 0.6) is 0 Å². The summed E-state index contributed by atoms with van der Waals surface area (Å²) >= 11 is 0. The number of hydrogen-bond acceptors (Lipinski definition) is 3. The van der Waals surface area contributed by atoms with Gasteiger partial charge in [0.05, 0.1) is 5.39 Å². The van der Waals surface area contributed by atoms with E-state index in [2.05, 4.69) is 18.9 Å². The SMILES string of the molecule is CCCCCn1nc(C(=O)N(CCCC)c2ccccc2)c2ccccc2c1=O. The lowest BCUT2D eigenvalue weighted by Gasteiger charge is -2.23. The summed E-state index contributed by atoms with van der Waals surface area (Å²) in [5, 5.41) is 5.70. The molecule has 0 aliphatic carbocycles. The van der Waals surface area contributed by atoms with Gasteiger partial charge in [-0.05, 0) is 31.0 Å². The molecule has 5 nitrogen and oxygen atoms in total. The Labute approximate surface area is 172 Å². The first kappa shape index (κ1) is 20.8. The second kappa shape index (κ2) is 10.0. The number of carbonyl (C=O) groups is 1. The van der Waals surface area contributed by atoms with Gasteiger partial charge in [0.25, 0.3) is 11.5 Å². The number of aryl methyl sites for hydroxylation is 1. The first-order valence-corrected chi connectivity index (χ1v) is 10.5. The smallest absolute Gasteiger partial charge is 0.279 e. The molecule has 0 unspecified atom stereocenters. The van der Waals surface area contributed by atoms with Crippen LogP contribution in [0.2, 0.25) is 0 Å². The fraction of sp³-hybridized carbons (Fsp3) is 0.375. The van der Waals surface area contributed by atoms with E-state index in [4.69, 9.17) is 0 Å². The fourth-order valence-corrected chi connectivity index (χ4v) is 3.46. The average molecular weight is 392 g/mol. The van der Waals surface area contributed by atoms with Crippen LogP contribution in [0.3, 0.4) is 0 Å². The number of carbonyl (C=O) groups excluding carboxylic acids is 1. The van der Waals surface area contributed by atoms with Gasteiger partial charge in [0.1, 0.15) is 0 Å². The number of aromatic nitrogens is 2. The second-order valence-corrected chi connectivity index (χ2v) is 7.28. The average Bonchev–Trinajstić information content (AvgIpc) is 2.76. The molecule has 1 aromatic heterocycles. The highest BCUT2D eigenvalue weighted by molar-refractivity contribution is 6.12. The first-order chi connectivity index (χ1) is 14.2. The predicted molar refractivity (Wildman–Crippen MR) is 119 cm³/mol. The van der Waals surface area contributed by atoms with Crippen molar-refractivity contribution in [2.45, 2.75) is 52.5 Å². The number of hydrogen-bond donors (Lipinski definition) is 0. The molecule has 29 heavy (non-hydrogen) atoms. The number of nitrogens with zero attached hydrogens (tertiary/aromatic N) is 3. The lowest BCUT2D eigenvalue weighted by atomic mass is 10.1. The highest BCUT2D eigenvalue weighted by Gasteiger charge is 2.23. The topological polar surface area (TPSA) is 55.2 Å². The summed E-state index contributed by atoms with van der Waals surface area (Å²) in [6, 6.07) is 17.0. The van der Waals surface area contributed by atoms with E-state index in [0.29, 0.717) is 29.6 Å². The van der Waals surface area contributed by atoms with Gasteiger partial charge < -0.3 is 4.90 Å². The van der Waals surface area contributed by atoms with E-state index in [0.717, 1.165) is 37.8 Å². The Morgan fingerprint density at radius 1 is 0.897 bits per heavy atom. The molecule has 0 radical (unpaired) electrons. The van der Waals surface area contributed by atoms with Gasteiger partial charge in [-0.2, -0.15) is 5.10 Å². The van der Waals surface area contributed by atoms with Gasteiger partial charge in [0.15, 0.2) is 5.69 Å². The van der Waals surface area contributed by atoms with Gasteiger partial charge in [-0.3, -0.25) is 9.59 Å². The zero-order valence-electron chi connectivity index (χ0n) is 17.3. The zero-order chi connectivity index (χ0) is 20.6. The maximum absolute atomic E-state index is 13.6. The van der Waals surface area contributed by atoms with Gasteiger partial charge >= 0.3 is 0 Å². The lowest BCUT2D eigenvalue weighted by molar-refractivity contribution is 0.0981. The summed E-state index contributed by atoms with van der Waals surface area (Å²) in [6.07, 6.45) is 4.84. The van der Waals surface area contributed by atoms with Crippen molar-refractivity contribution in [2.24, 2.45) is 0 Å². The molecule has 0 saturated carbocycles. The van der Waals surface area contributed by atoms with Crippen LogP contribution in [0.25, 0.3) is 10.8 Å². The summed E-state index contributed by atoms with van der Waals surface area (Å²) < 4.78 is 1.47. The van der Waals surface area contributed by atoms with Gasteiger partial charge in [-0.25, -0.2) is 4.68 Å². The van der Waals surface area contributed by atoms with E-state index in [-0.39, 0.29) is 11.5 Å². The Morgan fingerprint density at radius 3 is 2.24 bits per heavy atom. The minimum atomic E-state index is -0.162. The molecular weight excluding hydrogens is 362 g/mol. The highest BCUT2D eigenvalue weighted by Crippen LogP contribution is 2.21. The third kappa shape index (κ3) is 4.73. The summed E-state index contributed by atoms with van der Waals surface area (Å²) in [5.74, 6) is -0.162. The first-order valence-electron chi connectivity index (χ1n) is 10.5. The number of anilines is 1. The maximum atomic E-state index is 13.6. The number of para-hydroxylation sites is 1. The molecule has 0 atom stereocenters. The van der Waals surface area contributed by atoms with Crippen LogP contribution in [0, 0.1) is 0 Å². The van der Waals surface area contributed by atoms with Crippen LogP contribution >= 0.6 is 0 Å². The summed E-state index contributed by atoms with van der Waals surface area (Å²) in [6.45, 7) is 5.37. The molecule has 1 amide bonds. The van der Waals surface area contributed by atoms with Crippen LogP contribution in [0.1, 0.15) is 56.4 Å². The van der Waals surface area contributed by atoms with Crippen LogP contribution in [0.4, 0.5) is 5.69 Å². The normalized spacial score (nSPS) is 11.0. The third-order valence-electron chi connectivity index (χ3n) is 5.09. The van der Waals surface area contributed by atoms with Crippen molar-refractivity contribution in [3.8, 4) is 0 Å². The van der Waals surface area contributed by atoms with E-state index >= 15 is 0 Å². The largest absolute Gasteiger partial charge is 0.307 e. The van der Waals surface area contributed by atoms with Gasteiger partial charge in [-0.15, -0.1) is 0 Å². The number of amides is 1. The van der Waals surface area contributed by atoms with Gasteiger partial charge in [0.2, 0.25) is 0 Å². The van der Waals surface area contributed by atoms with Crippen molar-refractivity contribution in [1.82, 2.24) is 9.78 Å². The fourth-order valence-electron chi connectivity index (χ4n) is 3.46. The zero-order valence-corrected chi connectivity index (χ0v) is 17.3. The van der Waals surface area contributed by atoms with Crippen molar-refractivity contribution in [2.75, 3.05) is 11.4 Å². The van der Waals surface area contributed by atoms with Crippen molar-refractivity contribution >= 4 is 22.4 Å².